The van der Waals surface area contributed by atoms with E-state index in [0.29, 0.717) is 4.31 Å². The molecule has 0 spiro atoms. The molecular weight excluding hydrogens is 335 g/mol. The molecule has 0 saturated carbocycles. The maximum Gasteiger partial charge on any atom is 0.255 e. The van der Waals surface area contributed by atoms with Gasteiger partial charge >= 0.3 is 0 Å². The second-order valence-electron chi connectivity index (χ2n) is 5.21. The molecule has 1 aliphatic heterocycles. The first-order chi connectivity index (χ1) is 11.4. The third-order valence-electron chi connectivity index (χ3n) is 3.54. The van der Waals surface area contributed by atoms with Gasteiger partial charge in [0.15, 0.2) is 0 Å². The molecule has 0 bridgehead atoms. The molecule has 1 fully saturated rings. The number of hydrogen-bond donors (Lipinski definition) is 1. The first kappa shape index (κ1) is 16.1. The minimum absolute atomic E-state index is 0.0118. The molecule has 2 amide bonds. The van der Waals surface area contributed by atoms with Gasteiger partial charge in [-0.2, -0.15) is 0 Å². The number of hydrogen-bond acceptors (Lipinski definition) is 4. The van der Waals surface area contributed by atoms with E-state index in [9.17, 15) is 22.4 Å². The molecule has 0 aromatic heterocycles. The molecule has 8 heteroatoms. The smallest absolute Gasteiger partial charge is 0.255 e. The minimum atomic E-state index is -3.71. The number of nitrogens with one attached hydrogen (secondary N) is 1. The standard InChI is InChI=1S/C16H13FN2O4S/c17-13-6-1-2-7-14(13)18-16(21)11-4-3-5-12(10-11)19-15(20)8-9-24(19,22)23/h1-7,10H,8-9H2,(H,18,21). The van der Waals surface area contributed by atoms with E-state index in [-0.39, 0.29) is 29.1 Å². The van der Waals surface area contributed by atoms with Crippen molar-refractivity contribution in [2.75, 3.05) is 15.4 Å². The molecular formula is C16H13FN2O4S. The average Bonchev–Trinajstić information content (AvgIpc) is 2.83. The molecule has 2 aromatic carbocycles. The third kappa shape index (κ3) is 3.00. The molecule has 1 heterocycles. The Balaban J connectivity index is 1.90. The summed E-state index contributed by atoms with van der Waals surface area (Å²) >= 11 is 0. The number of sulfonamides is 1. The normalized spacial score (nSPS) is 16.2. The van der Waals surface area contributed by atoms with Crippen molar-refractivity contribution >= 4 is 33.2 Å². The molecule has 24 heavy (non-hydrogen) atoms. The van der Waals surface area contributed by atoms with Gasteiger partial charge in [0.05, 0.1) is 17.1 Å². The lowest BCUT2D eigenvalue weighted by Gasteiger charge is -2.15. The van der Waals surface area contributed by atoms with E-state index < -0.39 is 27.7 Å². The Morgan fingerprint density at radius 3 is 2.54 bits per heavy atom. The Morgan fingerprint density at radius 1 is 1.12 bits per heavy atom. The summed E-state index contributed by atoms with van der Waals surface area (Å²) in [5.74, 6) is -1.98. The van der Waals surface area contributed by atoms with Gasteiger partial charge in [0.2, 0.25) is 15.9 Å². The van der Waals surface area contributed by atoms with Gasteiger partial charge in [0.1, 0.15) is 5.82 Å². The Labute approximate surface area is 138 Å². The lowest BCUT2D eigenvalue weighted by Crippen LogP contribution is -2.29. The topological polar surface area (TPSA) is 83.6 Å². The first-order valence-corrected chi connectivity index (χ1v) is 8.71. The minimum Gasteiger partial charge on any atom is -0.319 e. The number of anilines is 2. The van der Waals surface area contributed by atoms with Crippen LogP contribution in [0.1, 0.15) is 16.8 Å². The van der Waals surface area contributed by atoms with Crippen LogP contribution >= 0.6 is 0 Å². The average molecular weight is 348 g/mol. The second kappa shape index (κ2) is 6.04. The van der Waals surface area contributed by atoms with Crippen LogP contribution in [0.5, 0.6) is 0 Å². The van der Waals surface area contributed by atoms with Gasteiger partial charge in [-0.15, -0.1) is 0 Å². The van der Waals surface area contributed by atoms with Crippen molar-refractivity contribution < 1.29 is 22.4 Å². The highest BCUT2D eigenvalue weighted by atomic mass is 32.2. The van der Waals surface area contributed by atoms with Gasteiger partial charge in [-0.3, -0.25) is 9.59 Å². The first-order valence-electron chi connectivity index (χ1n) is 7.10. The van der Waals surface area contributed by atoms with Crippen LogP contribution in [0, 0.1) is 5.82 Å². The van der Waals surface area contributed by atoms with Crippen LogP contribution in [-0.4, -0.2) is 26.0 Å². The maximum atomic E-state index is 13.6. The van der Waals surface area contributed by atoms with Crippen molar-refractivity contribution in [3.8, 4) is 0 Å². The number of para-hydroxylation sites is 1. The van der Waals surface area contributed by atoms with Crippen LogP contribution in [0.4, 0.5) is 15.8 Å². The second-order valence-corrected chi connectivity index (χ2v) is 7.15. The Morgan fingerprint density at radius 2 is 1.88 bits per heavy atom. The van der Waals surface area contributed by atoms with Crippen molar-refractivity contribution in [3.05, 3.63) is 59.9 Å². The SMILES string of the molecule is O=C(Nc1ccccc1F)c1cccc(N2C(=O)CCS2(=O)=O)c1. The van der Waals surface area contributed by atoms with Crippen molar-refractivity contribution in [3.63, 3.8) is 0 Å². The van der Waals surface area contributed by atoms with E-state index in [1.54, 1.807) is 6.07 Å². The van der Waals surface area contributed by atoms with Crippen LogP contribution < -0.4 is 9.62 Å². The zero-order valence-electron chi connectivity index (χ0n) is 12.4. The zero-order chi connectivity index (χ0) is 17.3. The molecule has 2 aromatic rings. The van der Waals surface area contributed by atoms with Crippen LogP contribution in [0.15, 0.2) is 48.5 Å². The number of rotatable bonds is 3. The fourth-order valence-corrected chi connectivity index (χ4v) is 3.85. The Bertz CT molecular complexity index is 927. The molecule has 1 saturated heterocycles. The quantitative estimate of drug-likeness (QED) is 0.921. The molecule has 0 unspecified atom stereocenters. The molecule has 1 N–H and O–H groups in total. The number of amides is 2. The summed E-state index contributed by atoms with van der Waals surface area (Å²) < 4.78 is 38.2. The third-order valence-corrected chi connectivity index (χ3v) is 5.23. The largest absolute Gasteiger partial charge is 0.319 e. The Hall–Kier alpha value is -2.74. The van der Waals surface area contributed by atoms with Gasteiger partial charge in [-0.25, -0.2) is 17.1 Å². The van der Waals surface area contributed by atoms with Crippen molar-refractivity contribution in [1.29, 1.82) is 0 Å². The zero-order valence-corrected chi connectivity index (χ0v) is 13.2. The van der Waals surface area contributed by atoms with Crippen LogP contribution in [0.25, 0.3) is 0 Å². The summed E-state index contributed by atoms with van der Waals surface area (Å²) in [6, 6.07) is 11.3. The highest BCUT2D eigenvalue weighted by Gasteiger charge is 2.36. The van der Waals surface area contributed by atoms with Crippen LogP contribution in [-0.2, 0) is 14.8 Å². The molecule has 3 rings (SSSR count). The summed E-state index contributed by atoms with van der Waals surface area (Å²) in [6.07, 6.45) is -0.0893. The number of halogens is 1. The monoisotopic (exact) mass is 348 g/mol. The number of carbonyl (C=O) groups excluding carboxylic acids is 2. The van der Waals surface area contributed by atoms with Gasteiger partial charge in [-0.05, 0) is 30.3 Å². The van der Waals surface area contributed by atoms with Gasteiger partial charge in [0.25, 0.3) is 5.91 Å². The van der Waals surface area contributed by atoms with E-state index in [4.69, 9.17) is 0 Å². The number of nitrogens with zero attached hydrogens (tertiary/aromatic N) is 1. The highest BCUT2D eigenvalue weighted by molar-refractivity contribution is 7.94. The Kier molecular flexibility index (Phi) is 4.06. The maximum absolute atomic E-state index is 13.6. The fourth-order valence-electron chi connectivity index (χ4n) is 2.40. The van der Waals surface area contributed by atoms with Gasteiger partial charge in [0, 0.05) is 12.0 Å². The fraction of sp³-hybridized carbons (Fsp3) is 0.125. The van der Waals surface area contributed by atoms with E-state index in [1.165, 1.54) is 42.5 Å². The summed E-state index contributed by atoms with van der Waals surface area (Å²) in [4.78, 5) is 24.0. The molecule has 0 radical (unpaired) electrons. The summed E-state index contributed by atoms with van der Waals surface area (Å²) in [6.45, 7) is 0. The lowest BCUT2D eigenvalue weighted by atomic mass is 10.1. The van der Waals surface area contributed by atoms with Crippen molar-refractivity contribution in [2.24, 2.45) is 0 Å². The number of carbonyl (C=O) groups is 2. The lowest BCUT2D eigenvalue weighted by molar-refractivity contribution is -0.116. The predicted molar refractivity (Wildman–Crippen MR) is 86.7 cm³/mol. The van der Waals surface area contributed by atoms with Crippen molar-refractivity contribution in [2.45, 2.75) is 6.42 Å². The van der Waals surface area contributed by atoms with Crippen molar-refractivity contribution in [1.82, 2.24) is 0 Å². The molecule has 1 aliphatic rings. The summed E-state index contributed by atoms with van der Waals surface area (Å²) in [5.41, 5.74) is 0.224. The molecule has 124 valence electrons. The van der Waals surface area contributed by atoms with E-state index in [1.807, 2.05) is 0 Å². The van der Waals surface area contributed by atoms with Crippen LogP contribution in [0.3, 0.4) is 0 Å². The van der Waals surface area contributed by atoms with Gasteiger partial charge in [-0.1, -0.05) is 18.2 Å². The summed E-state index contributed by atoms with van der Waals surface area (Å²) in [5, 5.41) is 2.41. The van der Waals surface area contributed by atoms with E-state index in [0.717, 1.165) is 0 Å². The predicted octanol–water partition coefficient (Wildman–Crippen LogP) is 2.14. The van der Waals surface area contributed by atoms with Gasteiger partial charge < -0.3 is 5.32 Å². The summed E-state index contributed by atoms with van der Waals surface area (Å²) in [7, 11) is -3.71. The van der Waals surface area contributed by atoms with E-state index >= 15 is 0 Å². The molecule has 6 nitrogen and oxygen atoms in total. The number of benzene rings is 2. The van der Waals surface area contributed by atoms with Crippen LogP contribution in [0.2, 0.25) is 0 Å². The highest BCUT2D eigenvalue weighted by Crippen LogP contribution is 2.26. The molecule has 0 aliphatic carbocycles. The molecule has 0 atom stereocenters. The van der Waals surface area contributed by atoms with E-state index in [2.05, 4.69) is 5.32 Å².